The average Bonchev–Trinajstić information content (AvgIpc) is 2.92. The van der Waals surface area contributed by atoms with E-state index in [-0.39, 0.29) is 11.7 Å². The molecular weight excluding hydrogens is 389 g/mol. The van der Waals surface area contributed by atoms with Gasteiger partial charge in [-0.05, 0) is 53.7 Å². The number of alkyl halides is 3. The van der Waals surface area contributed by atoms with E-state index in [1.807, 2.05) is 51.1 Å². The Morgan fingerprint density at radius 3 is 2.50 bits per heavy atom. The maximum atomic E-state index is 13.1. The fraction of sp³-hybridized carbons (Fsp3) is 0.524. The summed E-state index contributed by atoms with van der Waals surface area (Å²) in [5.74, 6) is -0.0673. The molecule has 0 radical (unpaired) electrons. The van der Waals surface area contributed by atoms with Crippen molar-refractivity contribution in [2.75, 3.05) is 0 Å². The number of allylic oxidation sites excluding steroid dienone is 4. The van der Waals surface area contributed by atoms with Gasteiger partial charge in [-0.25, -0.2) is 0 Å². The first-order valence-corrected chi connectivity index (χ1v) is 10.9. The first-order chi connectivity index (χ1) is 12.9. The van der Waals surface area contributed by atoms with Crippen LogP contribution in [0.15, 0.2) is 41.7 Å². The van der Waals surface area contributed by atoms with Crippen molar-refractivity contribution in [3.05, 3.63) is 52.8 Å². The summed E-state index contributed by atoms with van der Waals surface area (Å²) in [7, 11) is -5.73. The van der Waals surface area contributed by atoms with E-state index in [0.717, 1.165) is 36.0 Å². The predicted octanol–water partition coefficient (Wildman–Crippen LogP) is 5.59. The summed E-state index contributed by atoms with van der Waals surface area (Å²) in [6, 6.07) is 7.79. The van der Waals surface area contributed by atoms with Gasteiger partial charge in [-0.15, -0.1) is 0 Å². The third kappa shape index (κ3) is 2.51. The van der Waals surface area contributed by atoms with Gasteiger partial charge in [-0.2, -0.15) is 21.6 Å². The molecule has 0 spiro atoms. The molecule has 2 atom stereocenters. The van der Waals surface area contributed by atoms with Crippen LogP contribution < -0.4 is 0 Å². The molecule has 0 saturated heterocycles. The van der Waals surface area contributed by atoms with Crippen LogP contribution in [0.25, 0.3) is 5.57 Å². The normalized spacial score (nSPS) is 28.9. The van der Waals surface area contributed by atoms with Gasteiger partial charge in [-0.1, -0.05) is 51.1 Å². The minimum Gasteiger partial charge on any atom is -0.380 e. The molecule has 2 unspecified atom stereocenters. The second-order valence-corrected chi connectivity index (χ2v) is 10.2. The van der Waals surface area contributed by atoms with Gasteiger partial charge in [0.1, 0.15) is 5.76 Å². The van der Waals surface area contributed by atoms with Crippen LogP contribution in [0.5, 0.6) is 0 Å². The lowest BCUT2D eigenvalue weighted by molar-refractivity contribution is -0.0538. The van der Waals surface area contributed by atoms with Crippen LogP contribution in [0.4, 0.5) is 13.2 Å². The van der Waals surface area contributed by atoms with E-state index in [1.54, 1.807) is 0 Å². The van der Waals surface area contributed by atoms with Crippen LogP contribution in [-0.2, 0) is 20.7 Å². The lowest BCUT2D eigenvalue weighted by Crippen LogP contribution is -2.34. The van der Waals surface area contributed by atoms with E-state index in [1.165, 1.54) is 0 Å². The molecule has 1 saturated carbocycles. The van der Waals surface area contributed by atoms with Gasteiger partial charge in [0.25, 0.3) is 0 Å². The Morgan fingerprint density at radius 2 is 1.82 bits per heavy atom. The molecule has 1 fully saturated rings. The van der Waals surface area contributed by atoms with E-state index in [0.29, 0.717) is 12.0 Å². The summed E-state index contributed by atoms with van der Waals surface area (Å²) in [6.07, 6.45) is 5.04. The lowest BCUT2D eigenvalue weighted by atomic mass is 9.69. The van der Waals surface area contributed by atoms with E-state index in [9.17, 15) is 21.6 Å². The molecule has 28 heavy (non-hydrogen) atoms. The summed E-state index contributed by atoms with van der Waals surface area (Å²) in [6.45, 7) is 5.82. The van der Waals surface area contributed by atoms with E-state index >= 15 is 0 Å². The van der Waals surface area contributed by atoms with Crippen molar-refractivity contribution in [1.29, 1.82) is 0 Å². The zero-order valence-electron chi connectivity index (χ0n) is 16.1. The average molecular weight is 412 g/mol. The molecule has 0 N–H and O–H groups in total. The van der Waals surface area contributed by atoms with Crippen molar-refractivity contribution in [2.45, 2.75) is 52.0 Å². The smallest absolute Gasteiger partial charge is 0.380 e. The summed E-state index contributed by atoms with van der Waals surface area (Å²) >= 11 is 0. The van der Waals surface area contributed by atoms with Crippen molar-refractivity contribution in [3.8, 4) is 0 Å². The number of hydrogen-bond acceptors (Lipinski definition) is 3. The van der Waals surface area contributed by atoms with E-state index in [4.69, 9.17) is 4.18 Å². The third-order valence-electron chi connectivity index (χ3n) is 7.16. The third-order valence-corrected chi connectivity index (χ3v) is 8.11. The topological polar surface area (TPSA) is 43.4 Å². The van der Waals surface area contributed by atoms with Crippen LogP contribution in [0, 0.1) is 16.7 Å². The Kier molecular flexibility index (Phi) is 4.10. The number of aryl methyl sites for hydroxylation is 1. The first-order valence-electron chi connectivity index (χ1n) is 9.44. The van der Waals surface area contributed by atoms with Gasteiger partial charge in [-0.3, -0.25) is 0 Å². The van der Waals surface area contributed by atoms with Crippen molar-refractivity contribution < 1.29 is 25.8 Å². The molecule has 2 bridgehead atoms. The van der Waals surface area contributed by atoms with Gasteiger partial charge in [0.05, 0.1) is 0 Å². The molecule has 1 aromatic rings. The van der Waals surface area contributed by atoms with Gasteiger partial charge < -0.3 is 4.18 Å². The van der Waals surface area contributed by atoms with E-state index in [2.05, 4.69) is 0 Å². The molecule has 3 aliphatic carbocycles. The number of halogens is 3. The zero-order valence-corrected chi connectivity index (χ0v) is 16.9. The minimum absolute atomic E-state index is 0.0194. The highest BCUT2D eigenvalue weighted by molar-refractivity contribution is 7.87. The standard InChI is InChI=1S/C21H23F3O3S/c1-19(2)16-11-12-20(19,3)18(27-28(25,26)21(22,23)24)17(16)15-10-6-8-13-7-4-5-9-14(13)15/h4-5,7,9-10,16H,6,8,11-12H2,1-3H3. The molecule has 0 heterocycles. The SMILES string of the molecule is CC12CCC(C(C3=CCCc4ccccc43)=C1OS(=O)(=O)C(F)(F)F)C2(C)C. The predicted molar refractivity (Wildman–Crippen MR) is 100 cm³/mol. The minimum atomic E-state index is -5.73. The quantitative estimate of drug-likeness (QED) is 0.480. The first kappa shape index (κ1) is 19.6. The Bertz CT molecular complexity index is 1000. The highest BCUT2D eigenvalue weighted by Gasteiger charge is 2.64. The highest BCUT2D eigenvalue weighted by atomic mass is 32.2. The summed E-state index contributed by atoms with van der Waals surface area (Å²) in [5, 5.41) is 0. The molecule has 4 rings (SSSR count). The van der Waals surface area contributed by atoms with Crippen LogP contribution in [0.2, 0.25) is 0 Å². The zero-order chi connectivity index (χ0) is 20.5. The van der Waals surface area contributed by atoms with Gasteiger partial charge in [0, 0.05) is 11.0 Å². The number of hydrogen-bond donors (Lipinski definition) is 0. The Labute approximate surface area is 163 Å². The molecule has 0 amide bonds. The summed E-state index contributed by atoms with van der Waals surface area (Å²) in [4.78, 5) is 0. The number of benzene rings is 1. The summed E-state index contributed by atoms with van der Waals surface area (Å²) in [5.41, 5.74) is -3.07. The molecule has 3 nitrogen and oxygen atoms in total. The number of rotatable bonds is 3. The lowest BCUT2D eigenvalue weighted by Gasteiger charge is -2.36. The van der Waals surface area contributed by atoms with Gasteiger partial charge >= 0.3 is 15.6 Å². The fourth-order valence-corrected chi connectivity index (χ4v) is 5.80. The highest BCUT2D eigenvalue weighted by Crippen LogP contribution is 2.70. The van der Waals surface area contributed by atoms with Crippen LogP contribution >= 0.6 is 0 Å². The van der Waals surface area contributed by atoms with Crippen molar-refractivity contribution in [1.82, 2.24) is 0 Å². The molecule has 0 aromatic heterocycles. The van der Waals surface area contributed by atoms with Crippen molar-refractivity contribution in [3.63, 3.8) is 0 Å². The maximum Gasteiger partial charge on any atom is 0.534 e. The van der Waals surface area contributed by atoms with Crippen LogP contribution in [0.1, 0.15) is 51.2 Å². The molecule has 1 aromatic carbocycles. The Balaban J connectivity index is 1.93. The van der Waals surface area contributed by atoms with E-state index < -0.39 is 26.5 Å². The Hall–Kier alpha value is -1.76. The molecular formula is C21H23F3O3S. The van der Waals surface area contributed by atoms with Crippen molar-refractivity contribution >= 4 is 15.7 Å². The molecule has 7 heteroatoms. The summed E-state index contributed by atoms with van der Waals surface area (Å²) < 4.78 is 68.0. The van der Waals surface area contributed by atoms with Gasteiger partial charge in [0.2, 0.25) is 0 Å². The number of fused-ring (bicyclic) bond motifs is 3. The van der Waals surface area contributed by atoms with Crippen LogP contribution in [0.3, 0.4) is 0 Å². The Morgan fingerprint density at radius 1 is 1.14 bits per heavy atom. The largest absolute Gasteiger partial charge is 0.534 e. The fourth-order valence-electron chi connectivity index (χ4n) is 5.21. The maximum absolute atomic E-state index is 13.1. The molecule has 0 aliphatic heterocycles. The second kappa shape index (κ2) is 5.88. The molecule has 152 valence electrons. The second-order valence-electron chi connectivity index (χ2n) is 8.68. The monoisotopic (exact) mass is 412 g/mol. The molecule has 3 aliphatic rings. The van der Waals surface area contributed by atoms with Gasteiger partial charge in [0.15, 0.2) is 0 Å². The van der Waals surface area contributed by atoms with Crippen molar-refractivity contribution in [2.24, 2.45) is 16.7 Å². The van der Waals surface area contributed by atoms with Crippen LogP contribution in [-0.4, -0.2) is 13.9 Å².